The minimum atomic E-state index is -1.32. The molecule has 1 saturated heterocycles. The van der Waals surface area contributed by atoms with Gasteiger partial charge in [-0.2, -0.15) is 0 Å². The second-order valence-corrected chi connectivity index (χ2v) is 21.2. The summed E-state index contributed by atoms with van der Waals surface area (Å²) in [7, 11) is 0. The van der Waals surface area contributed by atoms with Gasteiger partial charge < -0.3 is 24.8 Å². The number of hydrogen-bond acceptors (Lipinski definition) is 6. The van der Waals surface area contributed by atoms with Gasteiger partial charge in [0, 0.05) is 37.2 Å². The average Bonchev–Trinajstić information content (AvgIpc) is 2.40. The number of Topliss-reactive ketones (excluding diaryl/α,β-unsaturated/α-hetero) is 1. The first-order valence-electron chi connectivity index (χ1n) is 6.32. The summed E-state index contributed by atoms with van der Waals surface area (Å²) >= 11 is 9.54. The summed E-state index contributed by atoms with van der Waals surface area (Å²) in [4.78, 5) is 9.89. The summed E-state index contributed by atoms with van der Waals surface area (Å²) in [6.07, 6.45) is -1.86. The van der Waals surface area contributed by atoms with Crippen LogP contribution in [0.5, 0.6) is 0 Å². The topological polar surface area (TPSA) is 96.2 Å². The quantitative estimate of drug-likeness (QED) is 0.337. The zero-order valence-corrected chi connectivity index (χ0v) is 24.5. The molecule has 1 heterocycles. The zero-order chi connectivity index (χ0) is 19.4. The summed E-state index contributed by atoms with van der Waals surface area (Å²) in [5, 5.41) is 27.5. The van der Waals surface area contributed by atoms with E-state index in [4.69, 9.17) is 14.6 Å². The van der Waals surface area contributed by atoms with Crippen LogP contribution in [0.4, 0.5) is 0 Å². The van der Waals surface area contributed by atoms with Gasteiger partial charge in [0.15, 0.2) is 17.4 Å². The molecule has 23 heavy (non-hydrogen) atoms. The van der Waals surface area contributed by atoms with Gasteiger partial charge in [-0.25, -0.2) is 0 Å². The molecule has 0 aromatic carbocycles. The van der Waals surface area contributed by atoms with Gasteiger partial charge in [0.2, 0.25) is 0 Å². The number of carbonyl (C=O) groups is 1. The normalized spacial score (nSPS) is 33.8. The van der Waals surface area contributed by atoms with Gasteiger partial charge in [-0.15, -0.1) is 0 Å². The van der Waals surface area contributed by atoms with Crippen molar-refractivity contribution >= 4 is 80.2 Å². The Bertz CT molecular complexity index is 294. The molecule has 1 aliphatic heterocycles. The van der Waals surface area contributed by atoms with E-state index in [1.807, 2.05) is 0 Å². The SMILES string of the molecule is CC(=O)C(C)O.CC1OC(C)(O)C(C)OC1(C)O.II.I[I-]I. The second kappa shape index (κ2) is 16.1. The van der Waals surface area contributed by atoms with E-state index >= 15 is 0 Å². The molecule has 6 nitrogen and oxygen atoms in total. The molecule has 1 rings (SSSR count). The van der Waals surface area contributed by atoms with E-state index in [1.54, 1.807) is 13.8 Å². The monoisotopic (exact) mass is 899 g/mol. The Morgan fingerprint density at radius 3 is 1.39 bits per heavy atom. The van der Waals surface area contributed by atoms with Crippen molar-refractivity contribution in [1.29, 1.82) is 0 Å². The number of ether oxygens (including phenoxy) is 2. The fourth-order valence-corrected chi connectivity index (χ4v) is 1.13. The number of carbonyl (C=O) groups excluding carboxylic acids is 1. The maximum absolute atomic E-state index is 9.89. The molecule has 1 fully saturated rings. The zero-order valence-electron chi connectivity index (χ0n) is 13.7. The molecule has 5 unspecified atom stereocenters. The Morgan fingerprint density at radius 1 is 1.09 bits per heavy atom. The number of aliphatic hydroxyl groups excluding tert-OH is 1. The number of hydrogen-bond donors (Lipinski definition) is 3. The Balaban J connectivity index is -0.000000307. The molecule has 144 valence electrons. The second-order valence-electron chi connectivity index (χ2n) is 4.97. The van der Waals surface area contributed by atoms with E-state index in [0.29, 0.717) is 13.3 Å². The average molecular weight is 899 g/mol. The van der Waals surface area contributed by atoms with Gasteiger partial charge in [-0.3, -0.25) is 4.79 Å². The summed E-state index contributed by atoms with van der Waals surface area (Å²) < 4.78 is 10.4. The number of aliphatic hydroxyl groups is 3. The number of rotatable bonds is 1. The Labute approximate surface area is 191 Å². The predicted octanol–water partition coefficient (Wildman–Crippen LogP) is 0.730. The molecule has 0 aliphatic carbocycles. The molecule has 3 N–H and O–H groups in total. The van der Waals surface area contributed by atoms with Gasteiger partial charge in [-0.1, -0.05) is 0 Å². The third-order valence-corrected chi connectivity index (χ3v) is 2.93. The maximum atomic E-state index is 9.89. The molecule has 0 aromatic heterocycles. The molecule has 1 aliphatic rings. The van der Waals surface area contributed by atoms with Crippen molar-refractivity contribution in [3.05, 3.63) is 0 Å². The van der Waals surface area contributed by atoms with E-state index in [2.05, 4.69) is 74.5 Å². The number of ketones is 1. The first kappa shape index (κ1) is 30.8. The summed E-state index contributed by atoms with van der Waals surface area (Å²) in [6.45, 7) is 9.14. The van der Waals surface area contributed by atoms with Crippen molar-refractivity contribution in [3.8, 4) is 0 Å². The Kier molecular flexibility index (Phi) is 21.6. The van der Waals surface area contributed by atoms with E-state index < -0.39 is 29.9 Å². The summed E-state index contributed by atoms with van der Waals surface area (Å²) in [5.41, 5.74) is 0. The minimum absolute atomic E-state index is 0.185. The predicted molar refractivity (Wildman–Crippen MR) is 121 cm³/mol. The third kappa shape index (κ3) is 15.8. The molecule has 0 aromatic rings. The van der Waals surface area contributed by atoms with Crippen molar-refractivity contribution < 1.29 is 42.8 Å². The fourth-order valence-electron chi connectivity index (χ4n) is 1.13. The van der Waals surface area contributed by atoms with Crippen molar-refractivity contribution in [1.82, 2.24) is 0 Å². The van der Waals surface area contributed by atoms with Crippen LogP contribution >= 0.6 is 74.5 Å². The van der Waals surface area contributed by atoms with Gasteiger partial charge in [0.05, 0.1) is 0 Å². The van der Waals surface area contributed by atoms with E-state index in [9.17, 15) is 15.0 Å². The molecule has 5 atom stereocenters. The molecule has 0 amide bonds. The van der Waals surface area contributed by atoms with Crippen molar-refractivity contribution in [2.24, 2.45) is 0 Å². The van der Waals surface area contributed by atoms with E-state index in [1.165, 1.54) is 27.7 Å². The summed E-state index contributed by atoms with van der Waals surface area (Å²) in [5.74, 6) is -2.82. The van der Waals surface area contributed by atoms with Crippen molar-refractivity contribution in [2.75, 3.05) is 0 Å². The molecule has 0 bridgehead atoms. The van der Waals surface area contributed by atoms with Crippen LogP contribution in [0.1, 0.15) is 41.5 Å². The molecular weight excluding hydrogens is 875 g/mol. The Hall–Kier alpha value is 3.12. The molecular formula is C12H24I5O6-. The fraction of sp³-hybridized carbons (Fsp3) is 0.917. The Morgan fingerprint density at radius 2 is 1.26 bits per heavy atom. The molecule has 11 heteroatoms. The number of halogens is 5. The van der Waals surface area contributed by atoms with E-state index in [-0.39, 0.29) is 5.78 Å². The van der Waals surface area contributed by atoms with E-state index in [0.717, 1.165) is 0 Å². The van der Waals surface area contributed by atoms with Crippen molar-refractivity contribution in [3.63, 3.8) is 0 Å². The van der Waals surface area contributed by atoms with Crippen LogP contribution in [0.3, 0.4) is 0 Å². The van der Waals surface area contributed by atoms with Crippen molar-refractivity contribution in [2.45, 2.75) is 71.4 Å². The molecule has 0 spiro atoms. The van der Waals surface area contributed by atoms with Crippen LogP contribution in [-0.2, 0) is 14.3 Å². The standard InChI is InChI=1S/C8H16O4.C4H8O2.I3.I2/c1-5-7(3,9)12-6(2)8(4,10)11-5;1-3(5)4(2)6;1-3-2;1-2/h5-6,9-10H,1-4H3;3,5H,1-2H3;;/q;;-1;. The van der Waals surface area contributed by atoms with Gasteiger partial charge in [0.25, 0.3) is 0 Å². The van der Waals surface area contributed by atoms with Crippen LogP contribution in [0.2, 0.25) is 0 Å². The van der Waals surface area contributed by atoms with Gasteiger partial charge in [0.1, 0.15) is 18.3 Å². The van der Waals surface area contributed by atoms with Crippen LogP contribution in [0, 0.1) is 0 Å². The van der Waals surface area contributed by atoms with Crippen LogP contribution in [0.15, 0.2) is 0 Å². The first-order chi connectivity index (χ1) is 10.3. The molecule has 0 saturated carbocycles. The van der Waals surface area contributed by atoms with Crippen LogP contribution in [0.25, 0.3) is 0 Å². The van der Waals surface area contributed by atoms with Gasteiger partial charge in [-0.05, 0) is 41.5 Å². The van der Waals surface area contributed by atoms with Crippen LogP contribution in [-0.4, -0.2) is 51.0 Å². The first-order valence-corrected chi connectivity index (χ1v) is 25.2. The molecule has 0 radical (unpaired) electrons. The third-order valence-electron chi connectivity index (χ3n) is 2.93. The van der Waals surface area contributed by atoms with Gasteiger partial charge >= 0.3 is 50.5 Å². The summed E-state index contributed by atoms with van der Waals surface area (Å²) in [6, 6.07) is 0. The van der Waals surface area contributed by atoms with Crippen LogP contribution < -0.4 is 13.3 Å².